The normalized spacial score (nSPS) is 9.92. The molecule has 0 aromatic heterocycles. The molecule has 0 atom stereocenters. The van der Waals surface area contributed by atoms with E-state index in [0.29, 0.717) is 24.2 Å². The Balaban J connectivity index is 1.79. The highest BCUT2D eigenvalue weighted by Crippen LogP contribution is 2.12. The Kier molecular flexibility index (Phi) is 6.73. The SMILES string of the molecule is COC(=O)c1ccc(NC(=O)C(=O)NCCc2ccc(OC)cc2)cc1. The third-order valence-corrected chi connectivity index (χ3v) is 3.63. The van der Waals surface area contributed by atoms with Crippen LogP contribution in [0, 0.1) is 0 Å². The summed E-state index contributed by atoms with van der Waals surface area (Å²) in [7, 11) is 2.88. The van der Waals surface area contributed by atoms with Crippen molar-refractivity contribution in [3.63, 3.8) is 0 Å². The number of carbonyl (C=O) groups excluding carboxylic acids is 3. The van der Waals surface area contributed by atoms with Gasteiger partial charge in [-0.3, -0.25) is 9.59 Å². The number of anilines is 1. The van der Waals surface area contributed by atoms with Crippen molar-refractivity contribution in [2.24, 2.45) is 0 Å². The zero-order chi connectivity index (χ0) is 18.9. The van der Waals surface area contributed by atoms with Crippen molar-refractivity contribution in [3.8, 4) is 5.75 Å². The van der Waals surface area contributed by atoms with Gasteiger partial charge in [-0.15, -0.1) is 0 Å². The number of hydrogen-bond donors (Lipinski definition) is 2. The van der Waals surface area contributed by atoms with Crippen LogP contribution in [0.2, 0.25) is 0 Å². The minimum Gasteiger partial charge on any atom is -0.497 e. The number of esters is 1. The van der Waals surface area contributed by atoms with Crippen LogP contribution in [-0.2, 0) is 20.7 Å². The number of benzene rings is 2. The molecule has 0 aliphatic carbocycles. The Morgan fingerprint density at radius 1 is 0.885 bits per heavy atom. The van der Waals surface area contributed by atoms with Gasteiger partial charge >= 0.3 is 17.8 Å². The molecule has 7 nitrogen and oxygen atoms in total. The molecule has 2 N–H and O–H groups in total. The first-order chi connectivity index (χ1) is 12.5. The van der Waals surface area contributed by atoms with E-state index in [9.17, 15) is 14.4 Å². The molecular formula is C19H20N2O5. The molecule has 0 bridgehead atoms. The molecule has 2 rings (SSSR count). The Labute approximate surface area is 151 Å². The molecule has 2 aromatic rings. The van der Waals surface area contributed by atoms with Crippen molar-refractivity contribution >= 4 is 23.5 Å². The van der Waals surface area contributed by atoms with Crippen molar-refractivity contribution in [1.82, 2.24) is 5.32 Å². The summed E-state index contributed by atoms with van der Waals surface area (Å²) in [5.74, 6) is -1.21. The lowest BCUT2D eigenvalue weighted by atomic mass is 10.1. The van der Waals surface area contributed by atoms with E-state index in [1.54, 1.807) is 7.11 Å². The third-order valence-electron chi connectivity index (χ3n) is 3.63. The summed E-state index contributed by atoms with van der Waals surface area (Å²) in [6.45, 7) is 0.333. The second kappa shape index (κ2) is 9.22. The van der Waals surface area contributed by atoms with Crippen LogP contribution < -0.4 is 15.4 Å². The summed E-state index contributed by atoms with van der Waals surface area (Å²) in [6, 6.07) is 13.5. The van der Waals surface area contributed by atoms with E-state index in [-0.39, 0.29) is 0 Å². The Hall–Kier alpha value is -3.35. The standard InChI is InChI=1S/C19H20N2O5/c1-25-16-9-3-13(4-10-16)11-12-20-17(22)18(23)21-15-7-5-14(6-8-15)19(24)26-2/h3-10H,11-12H2,1-2H3,(H,20,22)(H,21,23). The molecule has 0 saturated carbocycles. The lowest BCUT2D eigenvalue weighted by molar-refractivity contribution is -0.136. The predicted octanol–water partition coefficient (Wildman–Crippen LogP) is 1.78. The van der Waals surface area contributed by atoms with E-state index in [2.05, 4.69) is 15.4 Å². The predicted molar refractivity (Wildman–Crippen MR) is 96.1 cm³/mol. The molecule has 2 amide bonds. The van der Waals surface area contributed by atoms with Gasteiger partial charge in [-0.1, -0.05) is 12.1 Å². The highest BCUT2D eigenvalue weighted by atomic mass is 16.5. The zero-order valence-electron chi connectivity index (χ0n) is 14.6. The number of rotatable bonds is 6. The summed E-state index contributed by atoms with van der Waals surface area (Å²) in [5.41, 5.74) is 1.78. The lowest BCUT2D eigenvalue weighted by Crippen LogP contribution is -2.36. The number of hydrogen-bond acceptors (Lipinski definition) is 5. The van der Waals surface area contributed by atoms with Gasteiger partial charge in [0.2, 0.25) is 0 Å². The van der Waals surface area contributed by atoms with E-state index < -0.39 is 17.8 Å². The van der Waals surface area contributed by atoms with E-state index in [1.807, 2.05) is 24.3 Å². The minimum atomic E-state index is -0.773. The zero-order valence-corrected chi connectivity index (χ0v) is 14.6. The fraction of sp³-hybridized carbons (Fsp3) is 0.211. The van der Waals surface area contributed by atoms with Gasteiger partial charge < -0.3 is 20.1 Å². The number of methoxy groups -OCH3 is 2. The van der Waals surface area contributed by atoms with E-state index in [0.717, 1.165) is 11.3 Å². The molecule has 0 spiro atoms. The smallest absolute Gasteiger partial charge is 0.337 e. The van der Waals surface area contributed by atoms with Crippen molar-refractivity contribution in [2.45, 2.75) is 6.42 Å². The van der Waals surface area contributed by atoms with Gasteiger partial charge in [0, 0.05) is 12.2 Å². The molecule has 26 heavy (non-hydrogen) atoms. The van der Waals surface area contributed by atoms with E-state index >= 15 is 0 Å². The third kappa shape index (κ3) is 5.34. The molecule has 0 heterocycles. The lowest BCUT2D eigenvalue weighted by Gasteiger charge is -2.08. The number of ether oxygens (including phenoxy) is 2. The Morgan fingerprint density at radius 2 is 1.54 bits per heavy atom. The maximum atomic E-state index is 11.9. The fourth-order valence-corrected chi connectivity index (χ4v) is 2.19. The quantitative estimate of drug-likeness (QED) is 0.608. The van der Waals surface area contributed by atoms with Crippen LogP contribution in [0.15, 0.2) is 48.5 Å². The minimum absolute atomic E-state index is 0.333. The van der Waals surface area contributed by atoms with Gasteiger partial charge in [0.05, 0.1) is 19.8 Å². The molecule has 2 aromatic carbocycles. The van der Waals surface area contributed by atoms with Gasteiger partial charge in [0.1, 0.15) is 5.75 Å². The first kappa shape index (κ1) is 19.0. The average Bonchev–Trinajstić information content (AvgIpc) is 2.68. The van der Waals surface area contributed by atoms with Gasteiger partial charge in [-0.2, -0.15) is 0 Å². The molecule has 136 valence electrons. The molecular weight excluding hydrogens is 336 g/mol. The molecule has 0 radical (unpaired) electrons. The van der Waals surface area contributed by atoms with Crippen molar-refractivity contribution in [1.29, 1.82) is 0 Å². The second-order valence-electron chi connectivity index (χ2n) is 5.38. The van der Waals surface area contributed by atoms with Crippen LogP contribution in [0.3, 0.4) is 0 Å². The fourth-order valence-electron chi connectivity index (χ4n) is 2.19. The van der Waals surface area contributed by atoms with E-state index in [1.165, 1.54) is 31.4 Å². The van der Waals surface area contributed by atoms with Crippen molar-refractivity contribution < 1.29 is 23.9 Å². The molecule has 0 unspecified atom stereocenters. The summed E-state index contributed by atoms with van der Waals surface area (Å²) in [5, 5.41) is 5.03. The Bertz CT molecular complexity index is 770. The van der Waals surface area contributed by atoms with Gasteiger partial charge in [-0.05, 0) is 48.4 Å². The molecule has 0 fully saturated rings. The molecule has 0 aliphatic heterocycles. The van der Waals surface area contributed by atoms with Gasteiger partial charge in [0.15, 0.2) is 0 Å². The van der Waals surface area contributed by atoms with Crippen LogP contribution in [0.5, 0.6) is 5.75 Å². The first-order valence-corrected chi connectivity index (χ1v) is 7.94. The van der Waals surface area contributed by atoms with Crippen molar-refractivity contribution in [2.75, 3.05) is 26.1 Å². The van der Waals surface area contributed by atoms with Gasteiger partial charge in [-0.25, -0.2) is 4.79 Å². The highest BCUT2D eigenvalue weighted by Gasteiger charge is 2.13. The highest BCUT2D eigenvalue weighted by molar-refractivity contribution is 6.39. The second-order valence-corrected chi connectivity index (χ2v) is 5.38. The molecule has 7 heteroatoms. The first-order valence-electron chi connectivity index (χ1n) is 7.94. The topological polar surface area (TPSA) is 93.7 Å². The number of nitrogens with one attached hydrogen (secondary N) is 2. The van der Waals surface area contributed by atoms with E-state index in [4.69, 9.17) is 4.74 Å². The van der Waals surface area contributed by atoms with Gasteiger partial charge in [0.25, 0.3) is 0 Å². The number of amides is 2. The molecule has 0 aliphatic rings. The van der Waals surface area contributed by atoms with Crippen LogP contribution in [0.25, 0.3) is 0 Å². The van der Waals surface area contributed by atoms with Crippen molar-refractivity contribution in [3.05, 3.63) is 59.7 Å². The van der Waals surface area contributed by atoms with Crippen LogP contribution in [0.4, 0.5) is 5.69 Å². The van der Waals surface area contributed by atoms with Crippen LogP contribution >= 0.6 is 0 Å². The summed E-state index contributed by atoms with van der Waals surface area (Å²) in [4.78, 5) is 35.1. The monoisotopic (exact) mass is 356 g/mol. The average molecular weight is 356 g/mol. The molecule has 0 saturated heterocycles. The van der Waals surface area contributed by atoms with Crippen LogP contribution in [0.1, 0.15) is 15.9 Å². The summed E-state index contributed by atoms with van der Waals surface area (Å²) >= 11 is 0. The maximum absolute atomic E-state index is 11.9. The largest absolute Gasteiger partial charge is 0.497 e. The number of carbonyl (C=O) groups is 3. The maximum Gasteiger partial charge on any atom is 0.337 e. The summed E-state index contributed by atoms with van der Waals surface area (Å²) in [6.07, 6.45) is 0.594. The summed E-state index contributed by atoms with van der Waals surface area (Å²) < 4.78 is 9.67. The van der Waals surface area contributed by atoms with Crippen LogP contribution in [-0.4, -0.2) is 38.5 Å². The Morgan fingerprint density at radius 3 is 2.12 bits per heavy atom.